The van der Waals surface area contributed by atoms with Gasteiger partial charge in [0.25, 0.3) is 0 Å². The molecule has 1 fully saturated rings. The fourth-order valence-electron chi connectivity index (χ4n) is 2.91. The normalized spacial score (nSPS) is 15.9. The second-order valence-electron chi connectivity index (χ2n) is 7.20. The number of carbonyl (C=O) groups excluding carboxylic acids is 1. The second-order valence-corrected chi connectivity index (χ2v) is 7.20. The van der Waals surface area contributed by atoms with Gasteiger partial charge in [0.05, 0.1) is 6.54 Å². The molecule has 158 valence electrons. The fourth-order valence-corrected chi connectivity index (χ4v) is 2.91. The Labute approximate surface area is 184 Å². The van der Waals surface area contributed by atoms with Gasteiger partial charge in [0.15, 0.2) is 5.96 Å². The summed E-state index contributed by atoms with van der Waals surface area (Å²) in [6, 6.07) is 6.35. The summed E-state index contributed by atoms with van der Waals surface area (Å²) in [6.07, 6.45) is 5.80. The highest BCUT2D eigenvalue weighted by molar-refractivity contribution is 14.0. The summed E-state index contributed by atoms with van der Waals surface area (Å²) in [4.78, 5) is 17.8. The maximum absolute atomic E-state index is 13.0. The van der Waals surface area contributed by atoms with Crippen molar-refractivity contribution in [2.45, 2.75) is 51.2 Å². The molecule has 28 heavy (non-hydrogen) atoms. The van der Waals surface area contributed by atoms with Crippen molar-refractivity contribution < 1.29 is 13.9 Å². The van der Waals surface area contributed by atoms with Gasteiger partial charge in [-0.2, -0.15) is 0 Å². The van der Waals surface area contributed by atoms with Crippen LogP contribution in [0.3, 0.4) is 0 Å². The van der Waals surface area contributed by atoms with Crippen LogP contribution >= 0.6 is 24.0 Å². The molecule has 1 atom stereocenters. The summed E-state index contributed by atoms with van der Waals surface area (Å²) in [5, 5.41) is 6.70. The Morgan fingerprint density at radius 1 is 1.25 bits per heavy atom. The smallest absolute Gasteiger partial charge is 0.243 e. The molecule has 0 radical (unpaired) electrons. The topological polar surface area (TPSA) is 66.0 Å². The summed E-state index contributed by atoms with van der Waals surface area (Å²) in [5.41, 5.74) is 0. The van der Waals surface area contributed by atoms with Crippen LogP contribution in [-0.2, 0) is 4.79 Å². The van der Waals surface area contributed by atoms with E-state index < -0.39 is 0 Å². The second kappa shape index (κ2) is 12.8. The molecule has 1 aromatic rings. The van der Waals surface area contributed by atoms with Crippen LogP contribution in [0, 0.1) is 5.82 Å². The molecule has 0 spiro atoms. The van der Waals surface area contributed by atoms with Crippen LogP contribution in [0.25, 0.3) is 0 Å². The van der Waals surface area contributed by atoms with E-state index in [1.165, 1.54) is 36.3 Å². The van der Waals surface area contributed by atoms with Gasteiger partial charge in [0.1, 0.15) is 24.2 Å². The average Bonchev–Trinajstić information content (AvgIpc) is 2.66. The van der Waals surface area contributed by atoms with Gasteiger partial charge >= 0.3 is 0 Å². The zero-order chi connectivity index (χ0) is 19.6. The molecule has 1 saturated carbocycles. The number of halogens is 2. The number of aliphatic imine (C=N–C) groups is 1. The number of guanidine groups is 1. The zero-order valence-electron chi connectivity index (χ0n) is 16.9. The van der Waals surface area contributed by atoms with Crippen LogP contribution in [0.1, 0.15) is 39.0 Å². The Bertz CT molecular complexity index is 619. The lowest BCUT2D eigenvalue weighted by Gasteiger charge is -2.26. The zero-order valence-corrected chi connectivity index (χ0v) is 19.2. The summed E-state index contributed by atoms with van der Waals surface area (Å²) >= 11 is 0. The number of likely N-dealkylation sites (N-methyl/N-ethyl adjacent to an activating group) is 1. The van der Waals surface area contributed by atoms with Gasteiger partial charge in [-0.3, -0.25) is 4.79 Å². The van der Waals surface area contributed by atoms with Crippen molar-refractivity contribution in [3.8, 4) is 5.75 Å². The molecule has 2 N–H and O–H groups in total. The SMILES string of the molecule is CC(CNC(=NCC(=O)N(C)C)NC1CCCCC1)Oc1ccc(F)cc1.I. The van der Waals surface area contributed by atoms with E-state index >= 15 is 0 Å². The van der Waals surface area contributed by atoms with Crippen LogP contribution in [0.4, 0.5) is 4.39 Å². The largest absolute Gasteiger partial charge is 0.489 e. The van der Waals surface area contributed by atoms with E-state index in [2.05, 4.69) is 15.6 Å². The Hall–Kier alpha value is -1.58. The minimum absolute atomic E-state index is 0. The number of hydrogen-bond acceptors (Lipinski definition) is 3. The molecular weight excluding hydrogens is 474 g/mol. The number of benzene rings is 1. The maximum atomic E-state index is 13.0. The van der Waals surface area contributed by atoms with Crippen molar-refractivity contribution >= 4 is 35.8 Å². The van der Waals surface area contributed by atoms with E-state index in [4.69, 9.17) is 4.74 Å². The average molecular weight is 506 g/mol. The van der Waals surface area contributed by atoms with Gasteiger partial charge in [-0.25, -0.2) is 9.38 Å². The molecule has 0 aliphatic heterocycles. The van der Waals surface area contributed by atoms with Crippen molar-refractivity contribution in [2.75, 3.05) is 27.2 Å². The van der Waals surface area contributed by atoms with Gasteiger partial charge in [0.2, 0.25) is 5.91 Å². The minimum Gasteiger partial charge on any atom is -0.489 e. The van der Waals surface area contributed by atoms with E-state index in [0.717, 1.165) is 12.8 Å². The van der Waals surface area contributed by atoms with Crippen molar-refractivity contribution in [2.24, 2.45) is 4.99 Å². The predicted octanol–water partition coefficient (Wildman–Crippen LogP) is 3.17. The summed E-state index contributed by atoms with van der Waals surface area (Å²) < 4.78 is 18.8. The molecule has 0 aromatic heterocycles. The highest BCUT2D eigenvalue weighted by Crippen LogP contribution is 2.17. The Balaban J connectivity index is 0.00000392. The number of nitrogens with zero attached hydrogens (tertiary/aromatic N) is 2. The first-order valence-corrected chi connectivity index (χ1v) is 9.61. The van der Waals surface area contributed by atoms with Crippen LogP contribution in [0.2, 0.25) is 0 Å². The standard InChI is InChI=1S/C20H31FN4O2.HI/c1-15(27-18-11-9-16(21)10-12-18)13-22-20(23-14-19(26)25(2)3)24-17-7-5-4-6-8-17;/h9-12,15,17H,4-8,13-14H2,1-3H3,(H2,22,23,24);1H. The summed E-state index contributed by atoms with van der Waals surface area (Å²) in [5.74, 6) is 0.916. The first-order valence-electron chi connectivity index (χ1n) is 9.61. The van der Waals surface area contributed by atoms with Crippen molar-refractivity contribution in [3.63, 3.8) is 0 Å². The molecule has 8 heteroatoms. The van der Waals surface area contributed by atoms with Gasteiger partial charge in [-0.05, 0) is 44.0 Å². The van der Waals surface area contributed by atoms with E-state index in [1.807, 2.05) is 6.92 Å². The number of carbonyl (C=O) groups is 1. The van der Waals surface area contributed by atoms with Gasteiger partial charge < -0.3 is 20.3 Å². The predicted molar refractivity (Wildman–Crippen MR) is 121 cm³/mol. The molecule has 1 aliphatic carbocycles. The Morgan fingerprint density at radius 2 is 1.89 bits per heavy atom. The first-order chi connectivity index (χ1) is 12.9. The number of rotatable bonds is 7. The summed E-state index contributed by atoms with van der Waals surface area (Å²) in [7, 11) is 3.44. The maximum Gasteiger partial charge on any atom is 0.243 e. The first kappa shape index (κ1) is 24.5. The molecule has 0 bridgehead atoms. The molecule has 1 aliphatic rings. The lowest BCUT2D eigenvalue weighted by atomic mass is 9.96. The molecule has 1 unspecified atom stereocenters. The fraction of sp³-hybridized carbons (Fsp3) is 0.600. The van der Waals surface area contributed by atoms with E-state index in [1.54, 1.807) is 26.2 Å². The highest BCUT2D eigenvalue weighted by atomic mass is 127. The Kier molecular flexibility index (Phi) is 11.2. The molecule has 6 nitrogen and oxygen atoms in total. The number of amides is 1. The van der Waals surface area contributed by atoms with Crippen LogP contribution in [0.15, 0.2) is 29.3 Å². The molecule has 2 rings (SSSR count). The van der Waals surface area contributed by atoms with Crippen molar-refractivity contribution in [1.82, 2.24) is 15.5 Å². The lowest BCUT2D eigenvalue weighted by molar-refractivity contribution is -0.127. The van der Waals surface area contributed by atoms with Gasteiger partial charge in [0, 0.05) is 20.1 Å². The highest BCUT2D eigenvalue weighted by Gasteiger charge is 2.16. The van der Waals surface area contributed by atoms with Crippen LogP contribution in [-0.4, -0.2) is 56.1 Å². The Morgan fingerprint density at radius 3 is 2.50 bits per heavy atom. The minimum atomic E-state index is -0.287. The molecule has 1 aromatic carbocycles. The third kappa shape index (κ3) is 9.07. The van der Waals surface area contributed by atoms with E-state index in [-0.39, 0.29) is 48.3 Å². The third-order valence-electron chi connectivity index (χ3n) is 4.53. The molecule has 0 saturated heterocycles. The van der Waals surface area contributed by atoms with Gasteiger partial charge in [-0.15, -0.1) is 24.0 Å². The molecular formula is C20H32FIN4O2. The number of nitrogens with one attached hydrogen (secondary N) is 2. The summed E-state index contributed by atoms with van der Waals surface area (Å²) in [6.45, 7) is 2.55. The monoisotopic (exact) mass is 506 g/mol. The molecule has 0 heterocycles. The van der Waals surface area contributed by atoms with E-state index in [9.17, 15) is 9.18 Å². The van der Waals surface area contributed by atoms with Crippen molar-refractivity contribution in [3.05, 3.63) is 30.1 Å². The van der Waals surface area contributed by atoms with E-state index in [0.29, 0.717) is 24.3 Å². The number of ether oxygens (including phenoxy) is 1. The molecule has 1 amide bonds. The lowest BCUT2D eigenvalue weighted by Crippen LogP contribution is -2.47. The van der Waals surface area contributed by atoms with Crippen LogP contribution in [0.5, 0.6) is 5.75 Å². The van der Waals surface area contributed by atoms with Crippen LogP contribution < -0.4 is 15.4 Å². The van der Waals surface area contributed by atoms with Crippen molar-refractivity contribution in [1.29, 1.82) is 0 Å². The number of hydrogen-bond donors (Lipinski definition) is 2. The van der Waals surface area contributed by atoms with Gasteiger partial charge in [-0.1, -0.05) is 19.3 Å². The third-order valence-corrected chi connectivity index (χ3v) is 4.53. The quantitative estimate of drug-likeness (QED) is 0.339.